The molecule has 1 aromatic rings. The van der Waals surface area contributed by atoms with Gasteiger partial charge in [-0.2, -0.15) is 0 Å². The Bertz CT molecular complexity index is 683. The molecule has 0 aromatic heterocycles. The fourth-order valence-electron chi connectivity index (χ4n) is 2.72. The summed E-state index contributed by atoms with van der Waals surface area (Å²) in [4.78, 5) is 6.75. The van der Waals surface area contributed by atoms with Crippen LogP contribution in [0.25, 0.3) is 0 Å². The Hall–Kier alpha value is -0.550. The summed E-state index contributed by atoms with van der Waals surface area (Å²) < 4.78 is 24.3. The second-order valence-corrected chi connectivity index (χ2v) is 9.44. The molecule has 0 bridgehead atoms. The predicted octanol–water partition coefficient (Wildman–Crippen LogP) is 2.64. The van der Waals surface area contributed by atoms with Crippen molar-refractivity contribution in [1.82, 2.24) is 10.6 Å². The third kappa shape index (κ3) is 7.59. The number of benzene rings is 1. The van der Waals surface area contributed by atoms with Crippen LogP contribution in [0.1, 0.15) is 20.3 Å². The Balaban J connectivity index is 0.00000338. The van der Waals surface area contributed by atoms with E-state index in [2.05, 4.69) is 60.7 Å². The Morgan fingerprint density at radius 3 is 2.62 bits per heavy atom. The van der Waals surface area contributed by atoms with Gasteiger partial charge in [-0.3, -0.25) is 4.99 Å². The van der Waals surface area contributed by atoms with Crippen molar-refractivity contribution >= 4 is 61.4 Å². The molecule has 0 amide bonds. The van der Waals surface area contributed by atoms with E-state index in [0.717, 1.165) is 30.5 Å². The van der Waals surface area contributed by atoms with Crippen LogP contribution in [0.3, 0.4) is 0 Å². The number of hydrogen-bond acceptors (Lipinski definition) is 4. The van der Waals surface area contributed by atoms with Crippen LogP contribution in [0.15, 0.2) is 33.7 Å². The summed E-state index contributed by atoms with van der Waals surface area (Å²) >= 11 is 3.46. The second kappa shape index (κ2) is 11.3. The number of nitrogens with zero attached hydrogens (tertiary/aromatic N) is 2. The van der Waals surface area contributed by atoms with Gasteiger partial charge < -0.3 is 15.5 Å². The summed E-state index contributed by atoms with van der Waals surface area (Å²) in [6.07, 6.45) is 1.02. The minimum Gasteiger partial charge on any atom is -0.369 e. The van der Waals surface area contributed by atoms with E-state index in [0.29, 0.717) is 12.0 Å². The largest absolute Gasteiger partial charge is 0.369 e. The molecule has 6 nitrogen and oxygen atoms in total. The molecule has 0 spiro atoms. The number of aliphatic imine (C=N–C) groups is 1. The summed E-state index contributed by atoms with van der Waals surface area (Å²) in [5.74, 6) is 0.948. The number of rotatable bonds is 7. The monoisotopic (exact) mass is 558 g/mol. The van der Waals surface area contributed by atoms with Crippen molar-refractivity contribution in [2.24, 2.45) is 4.99 Å². The molecule has 1 aliphatic heterocycles. The summed E-state index contributed by atoms with van der Waals surface area (Å²) in [6, 6.07) is 8.62. The molecule has 1 saturated heterocycles. The molecule has 1 atom stereocenters. The van der Waals surface area contributed by atoms with Crippen LogP contribution in [0.4, 0.5) is 5.69 Å². The van der Waals surface area contributed by atoms with Gasteiger partial charge in [-0.25, -0.2) is 8.42 Å². The molecule has 1 aliphatic rings. The van der Waals surface area contributed by atoms with Gasteiger partial charge in [0.1, 0.15) is 0 Å². The lowest BCUT2D eigenvalue weighted by molar-refractivity contribution is 0.597. The standard InChI is InChI=1S/C17H27BrN4O2S.HI/c1-3-19-17(20-10-12-25(23,24)4-2)21-15-9-11-22(13-15)16-7-5-14(18)6-8-16;/h5-8,15H,3-4,9-13H2,1-2H3,(H2,19,20,21);1H. The van der Waals surface area contributed by atoms with Crippen LogP contribution in [-0.2, 0) is 9.84 Å². The average Bonchev–Trinajstić information content (AvgIpc) is 3.04. The molecule has 26 heavy (non-hydrogen) atoms. The van der Waals surface area contributed by atoms with Gasteiger partial charge >= 0.3 is 0 Å². The van der Waals surface area contributed by atoms with Gasteiger partial charge in [0.2, 0.25) is 0 Å². The highest BCUT2D eigenvalue weighted by Gasteiger charge is 2.23. The average molecular weight is 559 g/mol. The maximum Gasteiger partial charge on any atom is 0.191 e. The van der Waals surface area contributed by atoms with E-state index in [1.807, 2.05) is 6.92 Å². The van der Waals surface area contributed by atoms with Gasteiger partial charge in [-0.1, -0.05) is 22.9 Å². The molecule has 1 unspecified atom stereocenters. The van der Waals surface area contributed by atoms with E-state index in [-0.39, 0.29) is 42.0 Å². The zero-order valence-corrected chi connectivity index (χ0v) is 20.0. The summed E-state index contributed by atoms with van der Waals surface area (Å²) in [6.45, 7) is 6.59. The van der Waals surface area contributed by atoms with Gasteiger partial charge in [0.15, 0.2) is 15.8 Å². The van der Waals surface area contributed by atoms with E-state index >= 15 is 0 Å². The zero-order valence-electron chi connectivity index (χ0n) is 15.2. The molecule has 0 saturated carbocycles. The van der Waals surface area contributed by atoms with E-state index in [1.165, 1.54) is 5.69 Å². The molecule has 1 fully saturated rings. The van der Waals surface area contributed by atoms with Crippen molar-refractivity contribution in [2.75, 3.05) is 42.6 Å². The van der Waals surface area contributed by atoms with E-state index in [9.17, 15) is 8.42 Å². The fourth-order valence-corrected chi connectivity index (χ4v) is 3.64. The highest BCUT2D eigenvalue weighted by molar-refractivity contribution is 14.0. The minimum absolute atomic E-state index is 0. The summed E-state index contributed by atoms with van der Waals surface area (Å²) in [7, 11) is -2.98. The van der Waals surface area contributed by atoms with Crippen LogP contribution >= 0.6 is 39.9 Å². The first-order valence-corrected chi connectivity index (χ1v) is 11.3. The molecule has 1 heterocycles. The third-order valence-electron chi connectivity index (χ3n) is 4.18. The Kier molecular flexibility index (Phi) is 10.2. The lowest BCUT2D eigenvalue weighted by atomic mass is 10.3. The third-order valence-corrected chi connectivity index (χ3v) is 6.39. The molecule has 0 aliphatic carbocycles. The molecular formula is C17H28BrIN4O2S. The zero-order chi connectivity index (χ0) is 18.3. The topological polar surface area (TPSA) is 73.8 Å². The molecule has 2 N–H and O–H groups in total. The Morgan fingerprint density at radius 2 is 2.00 bits per heavy atom. The van der Waals surface area contributed by atoms with Crippen molar-refractivity contribution in [1.29, 1.82) is 0 Å². The predicted molar refractivity (Wildman–Crippen MR) is 124 cm³/mol. The first-order valence-electron chi connectivity index (χ1n) is 8.69. The fraction of sp³-hybridized carbons (Fsp3) is 0.588. The summed E-state index contributed by atoms with van der Waals surface area (Å²) in [5.41, 5.74) is 1.21. The minimum atomic E-state index is -2.98. The van der Waals surface area contributed by atoms with Crippen molar-refractivity contribution in [3.63, 3.8) is 0 Å². The number of halogens is 2. The number of guanidine groups is 1. The van der Waals surface area contributed by atoms with Crippen molar-refractivity contribution < 1.29 is 8.42 Å². The van der Waals surface area contributed by atoms with E-state index in [1.54, 1.807) is 6.92 Å². The molecular weight excluding hydrogens is 531 g/mol. The van der Waals surface area contributed by atoms with Crippen LogP contribution in [-0.4, -0.2) is 58.1 Å². The normalized spacial score (nSPS) is 17.7. The van der Waals surface area contributed by atoms with Crippen LogP contribution in [0.2, 0.25) is 0 Å². The maximum atomic E-state index is 11.6. The van der Waals surface area contributed by atoms with Crippen LogP contribution < -0.4 is 15.5 Å². The molecule has 148 valence electrons. The lowest BCUT2D eigenvalue weighted by Gasteiger charge is -2.20. The second-order valence-electron chi connectivity index (χ2n) is 6.05. The van der Waals surface area contributed by atoms with Gasteiger partial charge in [-0.15, -0.1) is 24.0 Å². The maximum absolute atomic E-state index is 11.6. The Morgan fingerprint density at radius 1 is 1.31 bits per heavy atom. The number of hydrogen-bond donors (Lipinski definition) is 2. The first kappa shape index (κ1) is 23.5. The molecule has 0 radical (unpaired) electrons. The van der Waals surface area contributed by atoms with Crippen molar-refractivity contribution in [2.45, 2.75) is 26.3 Å². The highest BCUT2D eigenvalue weighted by Crippen LogP contribution is 2.22. The van der Waals surface area contributed by atoms with Gasteiger partial charge in [0, 0.05) is 41.6 Å². The highest BCUT2D eigenvalue weighted by atomic mass is 127. The number of sulfone groups is 1. The quantitative estimate of drug-likeness (QED) is 0.306. The van der Waals surface area contributed by atoms with Crippen molar-refractivity contribution in [3.8, 4) is 0 Å². The van der Waals surface area contributed by atoms with Crippen LogP contribution in [0.5, 0.6) is 0 Å². The van der Waals surface area contributed by atoms with Gasteiger partial charge in [0.05, 0.1) is 12.3 Å². The number of nitrogens with one attached hydrogen (secondary N) is 2. The van der Waals surface area contributed by atoms with Crippen molar-refractivity contribution in [3.05, 3.63) is 28.7 Å². The smallest absolute Gasteiger partial charge is 0.191 e. The molecule has 2 rings (SSSR count). The van der Waals surface area contributed by atoms with E-state index < -0.39 is 9.84 Å². The molecule has 9 heteroatoms. The number of anilines is 1. The molecule has 1 aromatic carbocycles. The van der Waals surface area contributed by atoms with Gasteiger partial charge in [-0.05, 0) is 37.6 Å². The summed E-state index contributed by atoms with van der Waals surface area (Å²) in [5, 5.41) is 6.62. The SMILES string of the molecule is CCNC(=NCCS(=O)(=O)CC)NC1CCN(c2ccc(Br)cc2)C1.I. The van der Waals surface area contributed by atoms with Gasteiger partial charge in [0.25, 0.3) is 0 Å². The Labute approximate surface area is 182 Å². The van der Waals surface area contributed by atoms with E-state index in [4.69, 9.17) is 0 Å². The first-order chi connectivity index (χ1) is 11.9. The van der Waals surface area contributed by atoms with Crippen LogP contribution in [0, 0.1) is 0 Å². The lowest BCUT2D eigenvalue weighted by Crippen LogP contribution is -2.44.